The van der Waals surface area contributed by atoms with Crippen molar-refractivity contribution in [2.24, 2.45) is 0 Å². The summed E-state index contributed by atoms with van der Waals surface area (Å²) in [5.74, 6) is -1.39. The van der Waals surface area contributed by atoms with Crippen molar-refractivity contribution in [2.45, 2.75) is 13.8 Å². The topological polar surface area (TPSA) is 82.6 Å². The van der Waals surface area contributed by atoms with Gasteiger partial charge in [-0.3, -0.25) is 9.59 Å². The third kappa shape index (κ3) is 3.46. The van der Waals surface area contributed by atoms with E-state index in [0.29, 0.717) is 5.69 Å². The van der Waals surface area contributed by atoms with E-state index < -0.39 is 5.97 Å². The number of methoxy groups -OCH3 is 1. The summed E-state index contributed by atoms with van der Waals surface area (Å²) in [5.41, 5.74) is 3.45. The number of carbonyl (C=O) groups excluding carboxylic acids is 1. The first kappa shape index (κ1) is 16.0. The Balaban J connectivity index is 2.33. The van der Waals surface area contributed by atoms with E-state index in [-0.39, 0.29) is 25.6 Å². The number of hydrogen-bond donors (Lipinski definition) is 2. The molecule has 1 amide bonds. The van der Waals surface area contributed by atoms with Crippen LogP contribution in [0.2, 0.25) is 0 Å². The molecule has 0 bridgehead atoms. The van der Waals surface area contributed by atoms with Gasteiger partial charge in [-0.05, 0) is 37.1 Å². The Bertz CT molecular complexity index is 705. The molecule has 0 radical (unpaired) electrons. The number of amides is 1. The van der Waals surface area contributed by atoms with Gasteiger partial charge in [0.1, 0.15) is 12.2 Å². The van der Waals surface area contributed by atoms with Crippen molar-refractivity contribution in [3.8, 4) is 0 Å². The number of nitrogens with one attached hydrogen (secondary N) is 1. The molecule has 0 saturated heterocycles. The number of carboxylic acid groups (broad SMARTS) is 1. The molecule has 118 valence electrons. The van der Waals surface area contributed by atoms with Crippen molar-refractivity contribution >= 4 is 22.8 Å². The standard InChI is InChI=1S/C16H20N2O4/c1-10-6-11(2)12-8-14(17-13(12)7-10)16(21)18(4-5-22-3)9-15(19)20/h6-8,17H,4-5,9H2,1-3H3,(H,19,20). The molecule has 2 rings (SSSR count). The van der Waals surface area contributed by atoms with Crippen molar-refractivity contribution < 1.29 is 19.4 Å². The van der Waals surface area contributed by atoms with Crippen LogP contribution in [-0.2, 0) is 9.53 Å². The van der Waals surface area contributed by atoms with E-state index in [4.69, 9.17) is 9.84 Å². The third-order valence-corrected chi connectivity index (χ3v) is 3.50. The number of nitrogens with zero attached hydrogens (tertiary/aromatic N) is 1. The number of aryl methyl sites for hydroxylation is 2. The number of carbonyl (C=O) groups is 2. The SMILES string of the molecule is COCCN(CC(=O)O)C(=O)c1cc2c(C)cc(C)cc2[nH]1. The van der Waals surface area contributed by atoms with Gasteiger partial charge in [0.15, 0.2) is 0 Å². The smallest absolute Gasteiger partial charge is 0.323 e. The largest absolute Gasteiger partial charge is 0.480 e. The van der Waals surface area contributed by atoms with Gasteiger partial charge in [-0.2, -0.15) is 0 Å². The number of hydrogen-bond acceptors (Lipinski definition) is 3. The lowest BCUT2D eigenvalue weighted by Gasteiger charge is -2.19. The zero-order chi connectivity index (χ0) is 16.3. The quantitative estimate of drug-likeness (QED) is 0.854. The van der Waals surface area contributed by atoms with Crippen LogP contribution in [0.4, 0.5) is 0 Å². The fourth-order valence-corrected chi connectivity index (χ4v) is 2.50. The fourth-order valence-electron chi connectivity index (χ4n) is 2.50. The van der Waals surface area contributed by atoms with Crippen molar-refractivity contribution in [1.82, 2.24) is 9.88 Å². The van der Waals surface area contributed by atoms with E-state index in [1.165, 1.54) is 12.0 Å². The number of benzene rings is 1. The fraction of sp³-hybridized carbons (Fsp3) is 0.375. The summed E-state index contributed by atoms with van der Waals surface area (Å²) >= 11 is 0. The van der Waals surface area contributed by atoms with Crippen LogP contribution in [0, 0.1) is 13.8 Å². The molecular formula is C16H20N2O4. The summed E-state index contributed by atoms with van der Waals surface area (Å²) in [6.45, 7) is 4.14. The predicted molar refractivity (Wildman–Crippen MR) is 83.2 cm³/mol. The van der Waals surface area contributed by atoms with Crippen LogP contribution in [0.25, 0.3) is 10.9 Å². The maximum atomic E-state index is 12.5. The maximum absolute atomic E-state index is 12.5. The monoisotopic (exact) mass is 304 g/mol. The lowest BCUT2D eigenvalue weighted by molar-refractivity contribution is -0.137. The zero-order valence-corrected chi connectivity index (χ0v) is 13.0. The summed E-state index contributed by atoms with van der Waals surface area (Å²) in [6.07, 6.45) is 0. The molecule has 6 heteroatoms. The number of H-pyrrole nitrogens is 1. The number of ether oxygens (including phenoxy) is 1. The summed E-state index contributed by atoms with van der Waals surface area (Å²) in [5, 5.41) is 9.92. The van der Waals surface area contributed by atoms with Crippen LogP contribution in [0.1, 0.15) is 21.6 Å². The highest BCUT2D eigenvalue weighted by Crippen LogP contribution is 2.22. The van der Waals surface area contributed by atoms with Gasteiger partial charge < -0.3 is 19.7 Å². The minimum Gasteiger partial charge on any atom is -0.480 e. The van der Waals surface area contributed by atoms with E-state index >= 15 is 0 Å². The molecule has 0 aliphatic carbocycles. The molecule has 0 unspecified atom stereocenters. The minimum atomic E-state index is -1.05. The van der Waals surface area contributed by atoms with Crippen molar-refractivity contribution in [3.05, 3.63) is 35.0 Å². The Labute approximate surface area is 128 Å². The van der Waals surface area contributed by atoms with Gasteiger partial charge in [-0.25, -0.2) is 0 Å². The molecule has 0 aliphatic rings. The summed E-state index contributed by atoms with van der Waals surface area (Å²) < 4.78 is 4.94. The normalized spacial score (nSPS) is 10.9. The number of fused-ring (bicyclic) bond motifs is 1. The van der Waals surface area contributed by atoms with Crippen LogP contribution >= 0.6 is 0 Å². The highest BCUT2D eigenvalue weighted by Gasteiger charge is 2.20. The molecule has 22 heavy (non-hydrogen) atoms. The van der Waals surface area contributed by atoms with Gasteiger partial charge in [0, 0.05) is 24.6 Å². The molecule has 1 heterocycles. The van der Waals surface area contributed by atoms with Gasteiger partial charge in [0.25, 0.3) is 5.91 Å². The van der Waals surface area contributed by atoms with Crippen LogP contribution < -0.4 is 0 Å². The van der Waals surface area contributed by atoms with E-state index in [1.807, 2.05) is 26.0 Å². The van der Waals surface area contributed by atoms with Gasteiger partial charge in [0.05, 0.1) is 6.61 Å². The Kier molecular flexibility index (Phi) is 4.82. The van der Waals surface area contributed by atoms with Gasteiger partial charge in [-0.1, -0.05) is 6.07 Å². The highest BCUT2D eigenvalue weighted by atomic mass is 16.5. The molecule has 0 fully saturated rings. The molecule has 1 aromatic heterocycles. The van der Waals surface area contributed by atoms with E-state index in [9.17, 15) is 9.59 Å². The van der Waals surface area contributed by atoms with Crippen LogP contribution in [0.15, 0.2) is 18.2 Å². The number of aromatic nitrogens is 1. The molecule has 2 N–H and O–H groups in total. The Hall–Kier alpha value is -2.34. The number of carboxylic acids is 1. The zero-order valence-electron chi connectivity index (χ0n) is 13.0. The average Bonchev–Trinajstić information content (AvgIpc) is 2.86. The van der Waals surface area contributed by atoms with Crippen LogP contribution in [0.3, 0.4) is 0 Å². The van der Waals surface area contributed by atoms with Crippen molar-refractivity contribution in [2.75, 3.05) is 26.8 Å². The van der Waals surface area contributed by atoms with Gasteiger partial charge >= 0.3 is 5.97 Å². The van der Waals surface area contributed by atoms with Crippen molar-refractivity contribution in [1.29, 1.82) is 0 Å². The predicted octanol–water partition coefficient (Wildman–Crippen LogP) is 1.96. The van der Waals surface area contributed by atoms with E-state index in [0.717, 1.165) is 22.0 Å². The Morgan fingerprint density at radius 1 is 1.27 bits per heavy atom. The van der Waals surface area contributed by atoms with Gasteiger partial charge in [-0.15, -0.1) is 0 Å². The first-order chi connectivity index (χ1) is 10.4. The summed E-state index contributed by atoms with van der Waals surface area (Å²) in [4.78, 5) is 27.8. The van der Waals surface area contributed by atoms with E-state index in [1.54, 1.807) is 6.07 Å². The first-order valence-corrected chi connectivity index (χ1v) is 7.02. The lowest BCUT2D eigenvalue weighted by atomic mass is 10.1. The molecule has 1 aromatic carbocycles. The van der Waals surface area contributed by atoms with Crippen molar-refractivity contribution in [3.63, 3.8) is 0 Å². The number of rotatable bonds is 6. The molecule has 0 spiro atoms. The lowest BCUT2D eigenvalue weighted by Crippen LogP contribution is -2.38. The van der Waals surface area contributed by atoms with Gasteiger partial charge in [0.2, 0.25) is 0 Å². The Morgan fingerprint density at radius 2 is 2.00 bits per heavy atom. The Morgan fingerprint density at radius 3 is 2.64 bits per heavy atom. The molecule has 6 nitrogen and oxygen atoms in total. The molecular weight excluding hydrogens is 284 g/mol. The first-order valence-electron chi connectivity index (χ1n) is 7.02. The third-order valence-electron chi connectivity index (χ3n) is 3.50. The number of aromatic amines is 1. The average molecular weight is 304 g/mol. The van der Waals surface area contributed by atoms with E-state index in [2.05, 4.69) is 4.98 Å². The molecule has 0 aliphatic heterocycles. The number of aliphatic carboxylic acids is 1. The second-order valence-electron chi connectivity index (χ2n) is 5.34. The molecule has 0 atom stereocenters. The second kappa shape index (κ2) is 6.62. The minimum absolute atomic E-state index is 0.231. The summed E-state index contributed by atoms with van der Waals surface area (Å²) in [6, 6.07) is 5.79. The van der Waals surface area contributed by atoms with Crippen LogP contribution in [0.5, 0.6) is 0 Å². The molecule has 2 aromatic rings. The molecule has 0 saturated carbocycles. The van der Waals surface area contributed by atoms with Crippen LogP contribution in [-0.4, -0.2) is 53.7 Å². The highest BCUT2D eigenvalue weighted by molar-refractivity contribution is 6.00. The second-order valence-corrected chi connectivity index (χ2v) is 5.34. The summed E-state index contributed by atoms with van der Waals surface area (Å²) in [7, 11) is 1.51. The maximum Gasteiger partial charge on any atom is 0.323 e.